The molecule has 2 aromatic heterocycles. The average molecular weight is 718 g/mol. The standard InChI is InChI=1S/C52H35N3O/c1-32-30-35(33-14-4-2-5-15-33)26-28-37(32)51-53-50(34-16-6-3-7-17-34)54-52(55-51)45-24-13-25-47-48(45)44-23-12-22-38(49(44)56-47)36-27-29-43-41-20-9-8-18-39(41)40-19-10-11-21-42(40)46(43)31-36/h2-29,31-32H,30H2,1H3. The normalized spacial score (nSPS) is 14.5. The molecular weight excluding hydrogens is 683 g/mol. The van der Waals surface area contributed by atoms with Crippen LogP contribution < -0.4 is 0 Å². The van der Waals surface area contributed by atoms with Crippen LogP contribution in [0, 0.1) is 5.92 Å². The lowest BCUT2D eigenvalue weighted by molar-refractivity contribution is 0.670. The van der Waals surface area contributed by atoms with Crippen LogP contribution >= 0.6 is 0 Å². The van der Waals surface area contributed by atoms with Gasteiger partial charge >= 0.3 is 0 Å². The van der Waals surface area contributed by atoms with Crippen molar-refractivity contribution < 1.29 is 4.42 Å². The van der Waals surface area contributed by atoms with Crippen LogP contribution in [0.3, 0.4) is 0 Å². The maximum absolute atomic E-state index is 6.81. The topological polar surface area (TPSA) is 51.8 Å². The van der Waals surface area contributed by atoms with Gasteiger partial charge in [-0.05, 0) is 73.5 Å². The molecular formula is C52H35N3O. The maximum atomic E-state index is 6.81. The first kappa shape index (κ1) is 32.3. The molecule has 0 saturated heterocycles. The minimum Gasteiger partial charge on any atom is -0.455 e. The Morgan fingerprint density at radius 1 is 0.446 bits per heavy atom. The molecule has 0 fully saturated rings. The summed E-state index contributed by atoms with van der Waals surface area (Å²) in [6.07, 6.45) is 5.32. The zero-order chi connectivity index (χ0) is 37.2. The van der Waals surface area contributed by atoms with Crippen LogP contribution in [0.15, 0.2) is 180 Å². The molecule has 1 unspecified atom stereocenters. The molecule has 1 atom stereocenters. The summed E-state index contributed by atoms with van der Waals surface area (Å²) in [4.78, 5) is 15.5. The van der Waals surface area contributed by atoms with Crippen molar-refractivity contribution in [3.63, 3.8) is 0 Å². The second kappa shape index (κ2) is 13.0. The third-order valence-corrected chi connectivity index (χ3v) is 11.4. The Morgan fingerprint density at radius 2 is 1.02 bits per heavy atom. The molecule has 0 radical (unpaired) electrons. The summed E-state index contributed by atoms with van der Waals surface area (Å²) < 4.78 is 6.81. The summed E-state index contributed by atoms with van der Waals surface area (Å²) in [5.74, 6) is 2.20. The summed E-state index contributed by atoms with van der Waals surface area (Å²) in [5.41, 5.74) is 9.34. The third-order valence-electron chi connectivity index (χ3n) is 11.4. The van der Waals surface area contributed by atoms with Crippen molar-refractivity contribution in [3.05, 3.63) is 187 Å². The van der Waals surface area contributed by atoms with Crippen LogP contribution in [-0.2, 0) is 0 Å². The lowest BCUT2D eigenvalue weighted by Gasteiger charge is -2.22. The van der Waals surface area contributed by atoms with E-state index in [1.165, 1.54) is 43.5 Å². The zero-order valence-electron chi connectivity index (χ0n) is 30.8. The smallest absolute Gasteiger partial charge is 0.164 e. The first-order chi connectivity index (χ1) is 27.7. The van der Waals surface area contributed by atoms with Gasteiger partial charge in [0.25, 0.3) is 0 Å². The van der Waals surface area contributed by atoms with Crippen molar-refractivity contribution in [2.24, 2.45) is 5.92 Å². The number of aromatic nitrogens is 3. The summed E-state index contributed by atoms with van der Waals surface area (Å²) in [7, 11) is 0. The quantitative estimate of drug-likeness (QED) is 0.166. The second-order valence-electron chi connectivity index (χ2n) is 14.8. The summed E-state index contributed by atoms with van der Waals surface area (Å²) in [6, 6.07) is 57.7. The molecule has 0 bridgehead atoms. The van der Waals surface area contributed by atoms with Crippen LogP contribution in [0.1, 0.15) is 24.7 Å². The minimum atomic E-state index is 0.222. The molecule has 2 heterocycles. The van der Waals surface area contributed by atoms with Gasteiger partial charge in [0.2, 0.25) is 0 Å². The van der Waals surface area contributed by atoms with Crippen molar-refractivity contribution in [1.29, 1.82) is 0 Å². The Labute approximate surface area is 324 Å². The Bertz CT molecular complexity index is 3200. The highest BCUT2D eigenvalue weighted by Gasteiger charge is 2.24. The first-order valence-electron chi connectivity index (χ1n) is 19.2. The fourth-order valence-electron chi connectivity index (χ4n) is 8.70. The van der Waals surface area contributed by atoms with Crippen molar-refractivity contribution in [2.75, 3.05) is 0 Å². The van der Waals surface area contributed by atoms with E-state index in [1.807, 2.05) is 30.3 Å². The predicted molar refractivity (Wildman–Crippen MR) is 232 cm³/mol. The average Bonchev–Trinajstić information content (AvgIpc) is 3.66. The van der Waals surface area contributed by atoms with Gasteiger partial charge in [-0.25, -0.2) is 15.0 Å². The number of rotatable bonds is 5. The molecule has 0 saturated carbocycles. The molecule has 56 heavy (non-hydrogen) atoms. The van der Waals surface area contributed by atoms with Gasteiger partial charge in [-0.3, -0.25) is 0 Å². The fraction of sp³-hybridized carbons (Fsp3) is 0.0577. The maximum Gasteiger partial charge on any atom is 0.164 e. The number of hydrogen-bond donors (Lipinski definition) is 0. The van der Waals surface area contributed by atoms with Crippen molar-refractivity contribution in [3.8, 4) is 33.9 Å². The van der Waals surface area contributed by atoms with Crippen molar-refractivity contribution in [1.82, 2.24) is 15.0 Å². The molecule has 0 aliphatic heterocycles. The Balaban J connectivity index is 1.09. The van der Waals surface area contributed by atoms with Gasteiger partial charge in [-0.2, -0.15) is 0 Å². The predicted octanol–water partition coefficient (Wildman–Crippen LogP) is 13.7. The van der Waals surface area contributed by atoms with Crippen LogP contribution in [0.4, 0.5) is 0 Å². The van der Waals surface area contributed by atoms with Crippen LogP contribution in [-0.4, -0.2) is 15.0 Å². The number of allylic oxidation sites excluding steroid dienone is 4. The number of furan rings is 1. The van der Waals surface area contributed by atoms with Crippen molar-refractivity contribution >= 4 is 65.4 Å². The molecule has 10 aromatic rings. The van der Waals surface area contributed by atoms with Gasteiger partial charge in [0.15, 0.2) is 17.5 Å². The van der Waals surface area contributed by atoms with E-state index in [1.54, 1.807) is 0 Å². The molecule has 0 spiro atoms. The molecule has 1 aliphatic rings. The SMILES string of the molecule is CC1CC(c2ccccc2)=CC=C1c1nc(-c2ccccc2)nc(-c2cccc3oc4c(-c5ccc6c7ccccc7c7ccccc7c6c5)cccc4c23)n1. The van der Waals surface area contributed by atoms with Crippen LogP contribution in [0.5, 0.6) is 0 Å². The van der Waals surface area contributed by atoms with Gasteiger partial charge in [-0.15, -0.1) is 0 Å². The molecule has 0 N–H and O–H groups in total. The van der Waals surface area contributed by atoms with Gasteiger partial charge in [0.05, 0.1) is 0 Å². The van der Waals surface area contributed by atoms with E-state index in [0.29, 0.717) is 17.5 Å². The molecule has 4 nitrogen and oxygen atoms in total. The third kappa shape index (κ3) is 5.25. The Kier molecular flexibility index (Phi) is 7.49. The second-order valence-corrected chi connectivity index (χ2v) is 14.8. The molecule has 0 amide bonds. The molecule has 4 heteroatoms. The monoisotopic (exact) mass is 717 g/mol. The van der Waals surface area contributed by atoms with Crippen LogP contribution in [0.2, 0.25) is 0 Å². The van der Waals surface area contributed by atoms with E-state index < -0.39 is 0 Å². The zero-order valence-corrected chi connectivity index (χ0v) is 30.8. The summed E-state index contributed by atoms with van der Waals surface area (Å²) in [6.45, 7) is 2.26. The summed E-state index contributed by atoms with van der Waals surface area (Å²) >= 11 is 0. The lowest BCUT2D eigenvalue weighted by atomic mass is 9.85. The van der Waals surface area contributed by atoms with Crippen LogP contribution in [0.25, 0.3) is 99.3 Å². The Hall–Kier alpha value is -7.17. The first-order valence-corrected chi connectivity index (χ1v) is 19.2. The number of nitrogens with zero attached hydrogens (tertiary/aromatic N) is 3. The van der Waals surface area contributed by atoms with E-state index in [4.69, 9.17) is 19.4 Å². The largest absolute Gasteiger partial charge is 0.455 e. The summed E-state index contributed by atoms with van der Waals surface area (Å²) in [5, 5.41) is 9.54. The van der Waals surface area contributed by atoms with Crippen molar-refractivity contribution in [2.45, 2.75) is 13.3 Å². The molecule has 1 aliphatic carbocycles. The minimum absolute atomic E-state index is 0.222. The van der Waals surface area contributed by atoms with Gasteiger partial charge in [-0.1, -0.05) is 171 Å². The lowest BCUT2D eigenvalue weighted by Crippen LogP contribution is -2.10. The highest BCUT2D eigenvalue weighted by Crippen LogP contribution is 2.43. The van der Waals surface area contributed by atoms with E-state index in [2.05, 4.69) is 153 Å². The van der Waals surface area contributed by atoms with E-state index in [9.17, 15) is 0 Å². The molecule has 264 valence electrons. The number of para-hydroxylation sites is 1. The molecule has 11 rings (SSSR count). The van der Waals surface area contributed by atoms with E-state index >= 15 is 0 Å². The molecule has 8 aromatic carbocycles. The van der Waals surface area contributed by atoms with Gasteiger partial charge in [0, 0.05) is 33.0 Å². The Morgan fingerprint density at radius 3 is 1.73 bits per heavy atom. The highest BCUT2D eigenvalue weighted by atomic mass is 16.3. The number of benzene rings is 8. The van der Waals surface area contributed by atoms with Gasteiger partial charge in [0.1, 0.15) is 11.2 Å². The van der Waals surface area contributed by atoms with E-state index in [-0.39, 0.29) is 5.92 Å². The number of hydrogen-bond acceptors (Lipinski definition) is 4. The highest BCUT2D eigenvalue weighted by molar-refractivity contribution is 6.26. The number of fused-ring (bicyclic) bond motifs is 9. The van der Waals surface area contributed by atoms with E-state index in [0.717, 1.165) is 56.2 Å². The van der Waals surface area contributed by atoms with Gasteiger partial charge < -0.3 is 4.42 Å². The fourth-order valence-corrected chi connectivity index (χ4v) is 8.70.